The summed E-state index contributed by atoms with van der Waals surface area (Å²) in [5.74, 6) is 0.571. The molecule has 0 aromatic heterocycles. The molecule has 1 aromatic carbocycles. The summed E-state index contributed by atoms with van der Waals surface area (Å²) in [6.07, 6.45) is 6.46. The molecule has 3 aliphatic rings. The summed E-state index contributed by atoms with van der Waals surface area (Å²) in [4.78, 5) is 15.5. The Hall–Kier alpha value is -1.55. The zero-order valence-electron chi connectivity index (χ0n) is 16.2. The number of carbonyl (C=O) groups is 1. The van der Waals surface area contributed by atoms with E-state index in [4.69, 9.17) is 0 Å². The van der Waals surface area contributed by atoms with Gasteiger partial charge in [0.2, 0.25) is 0 Å². The topological polar surface area (TPSA) is 43.8 Å². The van der Waals surface area contributed by atoms with Gasteiger partial charge >= 0.3 is 6.09 Å². The number of amides is 1. The Balaban J connectivity index is 1.43. The normalized spacial score (nSPS) is 26.4. The molecule has 4 rings (SSSR count). The van der Waals surface area contributed by atoms with Crippen LogP contribution >= 0.6 is 0 Å². The first-order valence-electron chi connectivity index (χ1n) is 10.3. The predicted octanol–water partition coefficient (Wildman–Crippen LogP) is 4.87. The van der Waals surface area contributed by atoms with E-state index >= 15 is 0 Å². The highest BCUT2D eigenvalue weighted by Gasteiger charge is 2.50. The van der Waals surface area contributed by atoms with E-state index in [9.17, 15) is 9.90 Å². The van der Waals surface area contributed by atoms with Gasteiger partial charge in [0.05, 0.1) is 0 Å². The summed E-state index contributed by atoms with van der Waals surface area (Å²) in [5.41, 5.74) is 3.47. The molecular formula is C22H32N2O2. The second-order valence-corrected chi connectivity index (χ2v) is 9.01. The molecule has 1 atom stereocenters. The molecule has 2 aliphatic heterocycles. The van der Waals surface area contributed by atoms with Crippen LogP contribution in [-0.4, -0.2) is 46.7 Å². The van der Waals surface area contributed by atoms with Crippen LogP contribution in [0.4, 0.5) is 4.79 Å². The molecule has 1 unspecified atom stereocenters. The van der Waals surface area contributed by atoms with E-state index in [-0.39, 0.29) is 0 Å². The zero-order valence-corrected chi connectivity index (χ0v) is 16.2. The maximum atomic E-state index is 11.1. The van der Waals surface area contributed by atoms with Crippen molar-refractivity contribution in [2.24, 2.45) is 5.41 Å². The number of benzene rings is 1. The third-order valence-corrected chi connectivity index (χ3v) is 7.17. The molecule has 3 fully saturated rings. The van der Waals surface area contributed by atoms with Gasteiger partial charge in [0, 0.05) is 25.2 Å². The summed E-state index contributed by atoms with van der Waals surface area (Å²) in [5, 5.41) is 9.17. The summed E-state index contributed by atoms with van der Waals surface area (Å²) in [6.45, 7) is 7.27. The zero-order chi connectivity index (χ0) is 18.3. The van der Waals surface area contributed by atoms with E-state index in [1.807, 2.05) is 0 Å². The summed E-state index contributed by atoms with van der Waals surface area (Å²) in [6, 6.07) is 10.3. The fourth-order valence-electron chi connectivity index (χ4n) is 5.66. The van der Waals surface area contributed by atoms with Crippen LogP contribution in [-0.2, 0) is 0 Å². The Labute approximate surface area is 157 Å². The number of hydrogen-bond donors (Lipinski definition) is 1. The minimum absolute atomic E-state index is 0.418. The Morgan fingerprint density at radius 2 is 1.85 bits per heavy atom. The van der Waals surface area contributed by atoms with Gasteiger partial charge in [-0.15, -0.1) is 0 Å². The minimum atomic E-state index is -0.749. The van der Waals surface area contributed by atoms with Crippen LogP contribution < -0.4 is 0 Å². The number of likely N-dealkylation sites (tertiary alicyclic amines) is 2. The van der Waals surface area contributed by atoms with Crippen LogP contribution in [0.5, 0.6) is 0 Å². The largest absolute Gasteiger partial charge is 0.465 e. The molecule has 4 heteroatoms. The SMILES string of the molecule is CC(C)c1ccccc1C1CCCN1C1CC2(CCN(C(=O)O)CC2)C1. The van der Waals surface area contributed by atoms with Crippen molar-refractivity contribution in [1.29, 1.82) is 0 Å². The summed E-state index contributed by atoms with van der Waals surface area (Å²) < 4.78 is 0. The molecule has 1 amide bonds. The van der Waals surface area contributed by atoms with Gasteiger partial charge in [0.15, 0.2) is 0 Å². The van der Waals surface area contributed by atoms with Gasteiger partial charge in [-0.2, -0.15) is 0 Å². The minimum Gasteiger partial charge on any atom is -0.465 e. The van der Waals surface area contributed by atoms with Crippen molar-refractivity contribution in [2.75, 3.05) is 19.6 Å². The summed E-state index contributed by atoms with van der Waals surface area (Å²) >= 11 is 0. The molecule has 1 saturated carbocycles. The van der Waals surface area contributed by atoms with E-state index in [0.29, 0.717) is 23.4 Å². The Bertz CT molecular complexity index is 656. The van der Waals surface area contributed by atoms with Crippen molar-refractivity contribution >= 4 is 6.09 Å². The number of hydrogen-bond acceptors (Lipinski definition) is 2. The first kappa shape index (κ1) is 17.8. The molecule has 2 heterocycles. The molecule has 4 nitrogen and oxygen atoms in total. The molecule has 0 radical (unpaired) electrons. The van der Waals surface area contributed by atoms with Gasteiger partial charge in [-0.3, -0.25) is 4.90 Å². The van der Waals surface area contributed by atoms with Crippen LogP contribution in [0, 0.1) is 5.41 Å². The van der Waals surface area contributed by atoms with Gasteiger partial charge in [-0.25, -0.2) is 4.79 Å². The smallest absolute Gasteiger partial charge is 0.407 e. The summed E-state index contributed by atoms with van der Waals surface area (Å²) in [7, 11) is 0. The number of nitrogens with zero attached hydrogens (tertiary/aromatic N) is 2. The molecule has 142 valence electrons. The highest BCUT2D eigenvalue weighted by molar-refractivity contribution is 5.65. The molecule has 26 heavy (non-hydrogen) atoms. The molecule has 2 saturated heterocycles. The maximum absolute atomic E-state index is 11.1. The van der Waals surface area contributed by atoms with Crippen LogP contribution in [0.15, 0.2) is 24.3 Å². The van der Waals surface area contributed by atoms with Crippen LogP contribution in [0.1, 0.15) is 75.5 Å². The second kappa shape index (κ2) is 6.88. The van der Waals surface area contributed by atoms with E-state index < -0.39 is 6.09 Å². The van der Waals surface area contributed by atoms with Gasteiger partial charge in [0.25, 0.3) is 0 Å². The maximum Gasteiger partial charge on any atom is 0.407 e. The first-order chi connectivity index (χ1) is 12.5. The Morgan fingerprint density at radius 1 is 1.15 bits per heavy atom. The fraction of sp³-hybridized carbons (Fsp3) is 0.682. The lowest BCUT2D eigenvalue weighted by molar-refractivity contribution is -0.0438. The standard InChI is InChI=1S/C22H32N2O2/c1-16(2)18-6-3-4-7-19(18)20-8-5-11-24(20)17-14-22(15-17)9-12-23(13-10-22)21(25)26/h3-4,6-7,16-17,20H,5,8-15H2,1-2H3,(H,25,26). The monoisotopic (exact) mass is 356 g/mol. The second-order valence-electron chi connectivity index (χ2n) is 9.01. The number of piperidine rings is 1. The lowest BCUT2D eigenvalue weighted by Gasteiger charge is -2.55. The lowest BCUT2D eigenvalue weighted by Crippen LogP contribution is -2.55. The highest BCUT2D eigenvalue weighted by atomic mass is 16.4. The average Bonchev–Trinajstić information content (AvgIpc) is 3.08. The number of carboxylic acid groups (broad SMARTS) is 1. The van der Waals surface area contributed by atoms with Crippen molar-refractivity contribution in [1.82, 2.24) is 9.80 Å². The third-order valence-electron chi connectivity index (χ3n) is 7.17. The molecule has 1 aliphatic carbocycles. The number of rotatable bonds is 3. The van der Waals surface area contributed by atoms with Crippen molar-refractivity contribution in [2.45, 2.75) is 70.4 Å². The molecular weight excluding hydrogens is 324 g/mol. The first-order valence-corrected chi connectivity index (χ1v) is 10.3. The van der Waals surface area contributed by atoms with Crippen molar-refractivity contribution < 1.29 is 9.90 Å². The van der Waals surface area contributed by atoms with E-state index in [2.05, 4.69) is 43.0 Å². The van der Waals surface area contributed by atoms with E-state index in [1.54, 1.807) is 10.5 Å². The van der Waals surface area contributed by atoms with E-state index in [0.717, 1.165) is 25.9 Å². The third kappa shape index (κ3) is 3.13. The van der Waals surface area contributed by atoms with E-state index in [1.165, 1.54) is 37.8 Å². The fourth-order valence-corrected chi connectivity index (χ4v) is 5.66. The van der Waals surface area contributed by atoms with Crippen molar-refractivity contribution in [3.63, 3.8) is 0 Å². The average molecular weight is 357 g/mol. The quantitative estimate of drug-likeness (QED) is 0.840. The molecule has 1 aromatic rings. The lowest BCUT2D eigenvalue weighted by atomic mass is 9.60. The van der Waals surface area contributed by atoms with Crippen molar-refractivity contribution in [3.8, 4) is 0 Å². The van der Waals surface area contributed by atoms with Crippen LogP contribution in [0.2, 0.25) is 0 Å². The molecule has 0 bridgehead atoms. The van der Waals surface area contributed by atoms with Gasteiger partial charge in [0.1, 0.15) is 0 Å². The van der Waals surface area contributed by atoms with Gasteiger partial charge in [-0.05, 0) is 67.5 Å². The van der Waals surface area contributed by atoms with Gasteiger partial charge < -0.3 is 10.0 Å². The molecule has 1 N–H and O–H groups in total. The predicted molar refractivity (Wildman–Crippen MR) is 103 cm³/mol. The van der Waals surface area contributed by atoms with Crippen LogP contribution in [0.3, 0.4) is 0 Å². The van der Waals surface area contributed by atoms with Gasteiger partial charge in [-0.1, -0.05) is 38.1 Å². The molecule has 1 spiro atoms. The highest BCUT2D eigenvalue weighted by Crippen LogP contribution is 2.53. The van der Waals surface area contributed by atoms with Crippen molar-refractivity contribution in [3.05, 3.63) is 35.4 Å². The Morgan fingerprint density at radius 3 is 2.50 bits per heavy atom. The van der Waals surface area contributed by atoms with Crippen LogP contribution in [0.25, 0.3) is 0 Å². The Kier molecular flexibility index (Phi) is 4.72.